The molecule has 3 rings (SSSR count). The Morgan fingerprint density at radius 3 is 2.63 bits per heavy atom. The average Bonchev–Trinajstić information content (AvgIpc) is 3.18. The van der Waals surface area contributed by atoms with Crippen LogP contribution in [-0.2, 0) is 14.3 Å². The number of esters is 1. The zero-order chi connectivity index (χ0) is 13.4. The molecule has 0 aromatic rings. The van der Waals surface area contributed by atoms with E-state index in [1.54, 1.807) is 0 Å². The van der Waals surface area contributed by atoms with Gasteiger partial charge in [-0.15, -0.1) is 0 Å². The van der Waals surface area contributed by atoms with E-state index >= 15 is 0 Å². The third-order valence-electron chi connectivity index (χ3n) is 5.51. The summed E-state index contributed by atoms with van der Waals surface area (Å²) >= 11 is 0. The van der Waals surface area contributed by atoms with Gasteiger partial charge < -0.3 is 9.47 Å². The normalized spacial score (nSPS) is 45.4. The molecule has 0 bridgehead atoms. The monoisotopic (exact) mass is 266 g/mol. The van der Waals surface area contributed by atoms with Crippen LogP contribution in [0.3, 0.4) is 0 Å². The number of carbonyl (C=O) groups excluding carboxylic acids is 1. The molecule has 3 heteroatoms. The van der Waals surface area contributed by atoms with E-state index in [0.717, 1.165) is 31.1 Å². The van der Waals surface area contributed by atoms with Gasteiger partial charge in [-0.05, 0) is 49.9 Å². The van der Waals surface area contributed by atoms with Gasteiger partial charge >= 0.3 is 5.97 Å². The SMILES string of the molecule is CC1CCC(COC(=O)C2CCC3OC3C2)CC1C. The molecule has 0 aromatic carbocycles. The van der Waals surface area contributed by atoms with Gasteiger partial charge in [0.25, 0.3) is 0 Å². The summed E-state index contributed by atoms with van der Waals surface area (Å²) in [6.45, 7) is 5.30. The van der Waals surface area contributed by atoms with Crippen LogP contribution in [0, 0.1) is 23.7 Å². The summed E-state index contributed by atoms with van der Waals surface area (Å²) < 4.78 is 11.0. The molecule has 1 saturated heterocycles. The van der Waals surface area contributed by atoms with E-state index in [1.165, 1.54) is 19.3 Å². The molecule has 1 aliphatic heterocycles. The van der Waals surface area contributed by atoms with E-state index in [0.29, 0.717) is 24.7 Å². The van der Waals surface area contributed by atoms with E-state index < -0.39 is 0 Å². The van der Waals surface area contributed by atoms with Gasteiger partial charge in [-0.1, -0.05) is 20.3 Å². The molecular weight excluding hydrogens is 240 g/mol. The minimum absolute atomic E-state index is 0.0280. The highest BCUT2D eigenvalue weighted by atomic mass is 16.6. The number of hydrogen-bond donors (Lipinski definition) is 0. The predicted octanol–water partition coefficient (Wildman–Crippen LogP) is 3.17. The molecule has 3 nitrogen and oxygen atoms in total. The van der Waals surface area contributed by atoms with Crippen molar-refractivity contribution in [3.63, 3.8) is 0 Å². The molecule has 108 valence electrons. The van der Waals surface area contributed by atoms with Gasteiger partial charge in [0, 0.05) is 0 Å². The fourth-order valence-corrected chi connectivity index (χ4v) is 3.75. The second-order valence-corrected chi connectivity index (χ2v) is 6.99. The highest BCUT2D eigenvalue weighted by molar-refractivity contribution is 5.72. The first kappa shape index (κ1) is 13.4. The van der Waals surface area contributed by atoms with Crippen molar-refractivity contribution in [3.8, 4) is 0 Å². The number of rotatable bonds is 3. The first-order valence-electron chi connectivity index (χ1n) is 7.95. The summed E-state index contributed by atoms with van der Waals surface area (Å²) in [6.07, 6.45) is 7.43. The van der Waals surface area contributed by atoms with Crippen LogP contribution in [0.1, 0.15) is 52.4 Å². The van der Waals surface area contributed by atoms with Gasteiger partial charge in [0.05, 0.1) is 24.7 Å². The lowest BCUT2D eigenvalue weighted by molar-refractivity contribution is -0.151. The summed E-state index contributed by atoms with van der Waals surface area (Å²) in [5, 5.41) is 0. The van der Waals surface area contributed by atoms with Crippen molar-refractivity contribution in [2.24, 2.45) is 23.7 Å². The fraction of sp³-hybridized carbons (Fsp3) is 0.938. The molecule has 0 aromatic heterocycles. The third-order valence-corrected chi connectivity index (χ3v) is 5.51. The molecule has 0 spiro atoms. The maximum Gasteiger partial charge on any atom is 0.309 e. The first-order chi connectivity index (χ1) is 9.13. The first-order valence-corrected chi connectivity index (χ1v) is 7.95. The molecule has 3 fully saturated rings. The Hall–Kier alpha value is -0.570. The molecule has 6 atom stereocenters. The van der Waals surface area contributed by atoms with Crippen molar-refractivity contribution in [3.05, 3.63) is 0 Å². The van der Waals surface area contributed by atoms with E-state index in [2.05, 4.69) is 13.8 Å². The molecule has 6 unspecified atom stereocenters. The Morgan fingerprint density at radius 1 is 1.05 bits per heavy atom. The van der Waals surface area contributed by atoms with Gasteiger partial charge in [0.2, 0.25) is 0 Å². The highest BCUT2D eigenvalue weighted by Gasteiger charge is 2.46. The largest absolute Gasteiger partial charge is 0.465 e. The molecule has 0 N–H and O–H groups in total. The van der Waals surface area contributed by atoms with E-state index in [-0.39, 0.29) is 11.9 Å². The zero-order valence-electron chi connectivity index (χ0n) is 12.1. The Labute approximate surface area is 116 Å². The minimum Gasteiger partial charge on any atom is -0.465 e. The highest BCUT2D eigenvalue weighted by Crippen LogP contribution is 2.40. The van der Waals surface area contributed by atoms with Gasteiger partial charge in [0.1, 0.15) is 0 Å². The van der Waals surface area contributed by atoms with Crippen molar-refractivity contribution in [1.82, 2.24) is 0 Å². The van der Waals surface area contributed by atoms with Crippen LogP contribution in [0.4, 0.5) is 0 Å². The Kier molecular flexibility index (Phi) is 3.84. The quantitative estimate of drug-likeness (QED) is 0.582. The number of carbonyl (C=O) groups is 1. The molecule has 2 aliphatic carbocycles. The predicted molar refractivity (Wildman–Crippen MR) is 72.6 cm³/mol. The van der Waals surface area contributed by atoms with Crippen molar-refractivity contribution in [1.29, 1.82) is 0 Å². The van der Waals surface area contributed by atoms with Gasteiger partial charge in [-0.2, -0.15) is 0 Å². The molecule has 19 heavy (non-hydrogen) atoms. The molecule has 0 radical (unpaired) electrons. The summed E-state index contributed by atoms with van der Waals surface area (Å²) in [6, 6.07) is 0. The standard InChI is InChI=1S/C16H26O3/c1-10-3-4-12(7-11(10)2)9-18-16(17)13-5-6-14-15(8-13)19-14/h10-15H,3-9H2,1-2H3. The topological polar surface area (TPSA) is 38.8 Å². The molecule has 3 aliphatic rings. The zero-order valence-corrected chi connectivity index (χ0v) is 12.1. The van der Waals surface area contributed by atoms with Crippen LogP contribution in [-0.4, -0.2) is 24.8 Å². The lowest BCUT2D eigenvalue weighted by Gasteiger charge is -2.32. The average molecular weight is 266 g/mol. The smallest absolute Gasteiger partial charge is 0.309 e. The number of fused-ring (bicyclic) bond motifs is 1. The maximum absolute atomic E-state index is 12.1. The van der Waals surface area contributed by atoms with Crippen LogP contribution < -0.4 is 0 Å². The second kappa shape index (κ2) is 5.43. The van der Waals surface area contributed by atoms with Gasteiger partial charge in [0.15, 0.2) is 0 Å². The number of hydrogen-bond acceptors (Lipinski definition) is 3. The van der Waals surface area contributed by atoms with Crippen molar-refractivity contribution in [2.45, 2.75) is 64.6 Å². The fourth-order valence-electron chi connectivity index (χ4n) is 3.75. The van der Waals surface area contributed by atoms with Crippen LogP contribution in [0.25, 0.3) is 0 Å². The van der Waals surface area contributed by atoms with Crippen molar-refractivity contribution < 1.29 is 14.3 Å². The lowest BCUT2D eigenvalue weighted by atomic mass is 9.76. The van der Waals surface area contributed by atoms with Crippen LogP contribution in [0.2, 0.25) is 0 Å². The van der Waals surface area contributed by atoms with Crippen LogP contribution in [0.5, 0.6) is 0 Å². The Morgan fingerprint density at radius 2 is 1.89 bits per heavy atom. The van der Waals surface area contributed by atoms with Gasteiger partial charge in [-0.3, -0.25) is 4.79 Å². The molecule has 2 saturated carbocycles. The van der Waals surface area contributed by atoms with E-state index in [4.69, 9.17) is 9.47 Å². The second-order valence-electron chi connectivity index (χ2n) is 6.99. The van der Waals surface area contributed by atoms with Crippen molar-refractivity contribution >= 4 is 5.97 Å². The summed E-state index contributed by atoms with van der Waals surface area (Å²) in [7, 11) is 0. The Balaban J connectivity index is 1.40. The number of ether oxygens (including phenoxy) is 2. The molecule has 1 heterocycles. The molecule has 0 amide bonds. The van der Waals surface area contributed by atoms with Crippen LogP contribution in [0.15, 0.2) is 0 Å². The number of epoxide rings is 1. The van der Waals surface area contributed by atoms with Gasteiger partial charge in [-0.25, -0.2) is 0 Å². The summed E-state index contributed by atoms with van der Waals surface area (Å²) in [5.41, 5.74) is 0. The summed E-state index contributed by atoms with van der Waals surface area (Å²) in [4.78, 5) is 12.1. The minimum atomic E-state index is 0.0280. The Bertz CT molecular complexity index is 341. The van der Waals surface area contributed by atoms with E-state index in [9.17, 15) is 4.79 Å². The third kappa shape index (κ3) is 3.13. The van der Waals surface area contributed by atoms with Crippen molar-refractivity contribution in [2.75, 3.05) is 6.61 Å². The maximum atomic E-state index is 12.1. The van der Waals surface area contributed by atoms with Crippen LogP contribution >= 0.6 is 0 Å². The summed E-state index contributed by atoms with van der Waals surface area (Å²) in [5.74, 6) is 2.31. The van der Waals surface area contributed by atoms with E-state index in [1.807, 2.05) is 0 Å². The lowest BCUT2D eigenvalue weighted by Crippen LogP contribution is -2.28. The molecular formula is C16H26O3.